The van der Waals surface area contributed by atoms with Gasteiger partial charge in [0.1, 0.15) is 17.2 Å². The van der Waals surface area contributed by atoms with Gasteiger partial charge in [-0.05, 0) is 70.8 Å². The average molecular weight is 492 g/mol. The van der Waals surface area contributed by atoms with Crippen molar-refractivity contribution in [1.29, 1.82) is 0 Å². The van der Waals surface area contributed by atoms with Crippen molar-refractivity contribution in [2.45, 2.75) is 77.7 Å². The normalized spacial score (nSPS) is 12.1. The Morgan fingerprint density at radius 3 is 1.53 bits per heavy atom. The highest BCUT2D eigenvalue weighted by Gasteiger charge is 2.35. The third-order valence-electron chi connectivity index (χ3n) is 6.73. The Bertz CT molecular complexity index is 1130. The monoisotopic (exact) mass is 491 g/mol. The maximum absolute atomic E-state index is 12.6. The Labute approximate surface area is 213 Å². The average Bonchev–Trinajstić information content (AvgIpc) is 2.84. The zero-order valence-corrected chi connectivity index (χ0v) is 21.4. The molecule has 3 rings (SSSR count). The molecule has 0 aliphatic heterocycles. The summed E-state index contributed by atoms with van der Waals surface area (Å²) < 4.78 is 0. The van der Waals surface area contributed by atoms with Gasteiger partial charge in [-0.25, -0.2) is 0 Å². The number of nitro groups is 1. The molecule has 0 heterocycles. The van der Waals surface area contributed by atoms with E-state index in [2.05, 4.69) is 0 Å². The van der Waals surface area contributed by atoms with Crippen LogP contribution in [-0.4, -0.2) is 26.3 Å². The molecule has 1 atom stereocenters. The molecule has 0 saturated carbocycles. The first kappa shape index (κ1) is 27.1. The highest BCUT2D eigenvalue weighted by atomic mass is 16.6. The molecule has 0 aliphatic rings. The number of phenols is 3. The van der Waals surface area contributed by atoms with Crippen molar-refractivity contribution in [3.05, 3.63) is 98.1 Å². The lowest BCUT2D eigenvalue weighted by Crippen LogP contribution is -2.31. The van der Waals surface area contributed by atoms with Crippen molar-refractivity contribution in [2.75, 3.05) is 0 Å². The molecule has 0 amide bonds. The Morgan fingerprint density at radius 2 is 1.11 bits per heavy atom. The summed E-state index contributed by atoms with van der Waals surface area (Å²) in [4.78, 5) is 12.4. The van der Waals surface area contributed by atoms with Crippen molar-refractivity contribution in [3.63, 3.8) is 0 Å². The number of nitrogens with zero attached hydrogens (tertiary/aromatic N) is 1. The van der Waals surface area contributed by atoms with Crippen LogP contribution in [0.25, 0.3) is 0 Å². The largest absolute Gasteiger partial charge is 0.508 e. The Kier molecular flexibility index (Phi) is 9.34. The summed E-state index contributed by atoms with van der Waals surface area (Å²) in [7, 11) is 0. The van der Waals surface area contributed by atoms with Gasteiger partial charge in [-0.15, -0.1) is 0 Å². The van der Waals surface area contributed by atoms with Gasteiger partial charge < -0.3 is 15.3 Å². The zero-order chi connectivity index (χ0) is 26.2. The molecular weight excluding hydrogens is 454 g/mol. The number of rotatable bonds is 12. The first-order chi connectivity index (χ1) is 17.3. The van der Waals surface area contributed by atoms with E-state index in [4.69, 9.17) is 0 Å². The third kappa shape index (κ3) is 6.36. The van der Waals surface area contributed by atoms with E-state index in [-0.39, 0.29) is 28.6 Å². The van der Waals surface area contributed by atoms with Gasteiger partial charge in [0, 0.05) is 11.3 Å². The van der Waals surface area contributed by atoms with Crippen molar-refractivity contribution in [3.8, 4) is 17.2 Å². The Hall–Kier alpha value is -3.54. The Morgan fingerprint density at radius 1 is 0.694 bits per heavy atom. The molecule has 3 aromatic rings. The maximum atomic E-state index is 12.6. The van der Waals surface area contributed by atoms with Crippen LogP contribution in [0.15, 0.2) is 54.6 Å². The summed E-state index contributed by atoms with van der Waals surface area (Å²) >= 11 is 0. The van der Waals surface area contributed by atoms with Crippen molar-refractivity contribution >= 4 is 0 Å². The van der Waals surface area contributed by atoms with Crippen molar-refractivity contribution in [1.82, 2.24) is 0 Å². The van der Waals surface area contributed by atoms with Crippen molar-refractivity contribution < 1.29 is 20.2 Å². The quantitative estimate of drug-likeness (QED) is 0.194. The van der Waals surface area contributed by atoms with Crippen LogP contribution < -0.4 is 0 Å². The highest BCUT2D eigenvalue weighted by molar-refractivity contribution is 5.46. The van der Waals surface area contributed by atoms with Crippen LogP contribution in [0.5, 0.6) is 17.2 Å². The summed E-state index contributed by atoms with van der Waals surface area (Å²) in [6.45, 7) is 6.08. The molecule has 0 saturated heterocycles. The fourth-order valence-corrected chi connectivity index (χ4v) is 4.96. The summed E-state index contributed by atoms with van der Waals surface area (Å²) in [5.74, 6) is 0.00498. The lowest BCUT2D eigenvalue weighted by molar-refractivity contribution is -0.524. The number of benzene rings is 3. The Balaban J connectivity index is 2.15. The van der Waals surface area contributed by atoms with Gasteiger partial charge in [-0.3, -0.25) is 10.1 Å². The van der Waals surface area contributed by atoms with Crippen LogP contribution in [0, 0.1) is 10.1 Å². The smallest absolute Gasteiger partial charge is 0.227 e. The van der Waals surface area contributed by atoms with Crippen LogP contribution in [-0.2, 0) is 25.7 Å². The van der Waals surface area contributed by atoms with Gasteiger partial charge in [-0.1, -0.05) is 76.4 Å². The summed E-state index contributed by atoms with van der Waals surface area (Å²) in [6.07, 6.45) is 4.77. The minimum absolute atomic E-state index is 0.183. The number of phenolic OH excluding ortho intramolecular Hbond substituents is 3. The fraction of sp³-hybridized carbons (Fsp3) is 0.400. The fourth-order valence-electron chi connectivity index (χ4n) is 4.96. The van der Waals surface area contributed by atoms with Crippen LogP contribution in [0.3, 0.4) is 0 Å². The second-order valence-corrected chi connectivity index (χ2v) is 9.52. The first-order valence-electron chi connectivity index (χ1n) is 12.9. The second-order valence-electron chi connectivity index (χ2n) is 9.52. The second kappa shape index (κ2) is 12.4. The predicted molar refractivity (Wildman–Crippen MR) is 143 cm³/mol. The SMILES string of the molecule is CCCc1cc(CC(C(c2ccc(O)c(CCC)c2)c2ccc(O)c(CCC)c2)[N+](=O)[O-])ccc1O. The minimum atomic E-state index is -0.984. The van der Waals surface area contributed by atoms with Gasteiger partial charge in [0.15, 0.2) is 0 Å². The molecule has 3 aromatic carbocycles. The van der Waals surface area contributed by atoms with Crippen molar-refractivity contribution in [2.24, 2.45) is 0 Å². The zero-order valence-electron chi connectivity index (χ0n) is 21.4. The molecule has 0 bridgehead atoms. The van der Waals surface area contributed by atoms with E-state index < -0.39 is 12.0 Å². The van der Waals surface area contributed by atoms with Crippen LogP contribution >= 0.6 is 0 Å². The van der Waals surface area contributed by atoms with E-state index in [9.17, 15) is 25.4 Å². The molecule has 0 aromatic heterocycles. The molecule has 36 heavy (non-hydrogen) atoms. The molecule has 1 unspecified atom stereocenters. The molecule has 0 fully saturated rings. The topological polar surface area (TPSA) is 104 Å². The van der Waals surface area contributed by atoms with E-state index in [0.717, 1.165) is 52.6 Å². The lowest BCUT2D eigenvalue weighted by atomic mass is 9.80. The summed E-state index contributed by atoms with van der Waals surface area (Å²) in [5, 5.41) is 43.5. The van der Waals surface area contributed by atoms with E-state index >= 15 is 0 Å². The van der Waals surface area contributed by atoms with E-state index in [1.807, 2.05) is 39.0 Å². The number of aromatic hydroxyl groups is 3. The predicted octanol–water partition coefficient (Wildman–Crippen LogP) is 6.68. The van der Waals surface area contributed by atoms with Gasteiger partial charge in [-0.2, -0.15) is 0 Å². The third-order valence-corrected chi connectivity index (χ3v) is 6.73. The van der Waals surface area contributed by atoms with Gasteiger partial charge in [0.05, 0.1) is 5.92 Å². The van der Waals surface area contributed by atoms with Gasteiger partial charge in [0.2, 0.25) is 6.04 Å². The molecule has 3 N–H and O–H groups in total. The first-order valence-corrected chi connectivity index (χ1v) is 12.9. The highest BCUT2D eigenvalue weighted by Crippen LogP contribution is 2.36. The molecule has 0 spiro atoms. The van der Waals surface area contributed by atoms with Crippen LogP contribution in [0.1, 0.15) is 79.3 Å². The molecule has 6 nitrogen and oxygen atoms in total. The van der Waals surface area contributed by atoms with E-state index in [1.54, 1.807) is 36.4 Å². The number of aryl methyl sites for hydroxylation is 3. The minimum Gasteiger partial charge on any atom is -0.508 e. The standard InChI is InChI=1S/C30H37NO5/c1-4-7-21-16-20(10-13-27(21)32)17-26(31(35)36)30(24-11-14-28(33)22(18-24)8-5-2)25-12-15-29(34)23(19-25)9-6-3/h10-16,18-19,26,30,32-34H,4-9,17H2,1-3H3. The van der Waals surface area contributed by atoms with Gasteiger partial charge in [0.25, 0.3) is 0 Å². The summed E-state index contributed by atoms with van der Waals surface area (Å²) in [6, 6.07) is 14.8. The molecule has 0 radical (unpaired) electrons. The summed E-state index contributed by atoms with van der Waals surface area (Å²) in [5.41, 5.74) is 4.65. The van der Waals surface area contributed by atoms with Crippen LogP contribution in [0.2, 0.25) is 0 Å². The number of hydrogen-bond donors (Lipinski definition) is 3. The number of hydrogen-bond acceptors (Lipinski definition) is 5. The van der Waals surface area contributed by atoms with E-state index in [1.165, 1.54) is 0 Å². The van der Waals surface area contributed by atoms with E-state index in [0.29, 0.717) is 19.3 Å². The van der Waals surface area contributed by atoms with Crippen LogP contribution in [0.4, 0.5) is 0 Å². The molecule has 192 valence electrons. The lowest BCUT2D eigenvalue weighted by Gasteiger charge is -2.24. The maximum Gasteiger partial charge on any atom is 0.227 e. The molecule has 6 heteroatoms. The molecule has 0 aliphatic carbocycles. The molecular formula is C30H37NO5. The van der Waals surface area contributed by atoms with Gasteiger partial charge >= 0.3 is 0 Å².